The molecule has 0 unspecified atom stereocenters. The molecular weight excluding hydrogens is 305 g/mol. The van der Waals surface area contributed by atoms with Crippen LogP contribution in [-0.2, 0) is 0 Å². The van der Waals surface area contributed by atoms with Gasteiger partial charge >= 0.3 is 0 Å². The van der Waals surface area contributed by atoms with Gasteiger partial charge in [0.25, 0.3) is 0 Å². The van der Waals surface area contributed by atoms with Gasteiger partial charge in [-0.25, -0.2) is 0 Å². The minimum Gasteiger partial charge on any atom is -0.291 e. The van der Waals surface area contributed by atoms with Gasteiger partial charge in [-0.1, -0.05) is 53.5 Å². The molecule has 104 valence electrons. The molecule has 3 aromatic rings. The molecule has 0 amide bonds. The predicted octanol–water partition coefficient (Wildman–Crippen LogP) is 5.02. The summed E-state index contributed by atoms with van der Waals surface area (Å²) in [6, 6.07) is 19.8. The first-order valence-corrected chi connectivity index (χ1v) is 7.15. The number of hydrogen-bond donors (Lipinski definition) is 0. The second kappa shape index (κ2) is 5.76. The smallest absolute Gasteiger partial charge is 0.193 e. The molecule has 0 spiro atoms. The van der Waals surface area contributed by atoms with Crippen molar-refractivity contribution in [2.24, 2.45) is 0 Å². The lowest BCUT2D eigenvalue weighted by Gasteiger charge is -2.08. The molecule has 0 fully saturated rings. The lowest BCUT2D eigenvalue weighted by atomic mass is 10.0. The maximum atomic E-state index is 12.3. The SMILES string of the molecule is O=C(c1ccccc1)c1ccc(-n2c(Cl)ccc2Cl)cc1. The van der Waals surface area contributed by atoms with Gasteiger partial charge in [0.1, 0.15) is 10.3 Å². The van der Waals surface area contributed by atoms with Gasteiger partial charge in [0.15, 0.2) is 5.78 Å². The quantitative estimate of drug-likeness (QED) is 0.622. The van der Waals surface area contributed by atoms with E-state index in [1.54, 1.807) is 41.0 Å². The summed E-state index contributed by atoms with van der Waals surface area (Å²) in [6.07, 6.45) is 0. The Balaban J connectivity index is 1.93. The van der Waals surface area contributed by atoms with Crippen molar-refractivity contribution in [2.45, 2.75) is 0 Å². The van der Waals surface area contributed by atoms with E-state index < -0.39 is 0 Å². The third-order valence-electron chi connectivity index (χ3n) is 3.21. The first-order chi connectivity index (χ1) is 10.2. The molecule has 0 saturated carbocycles. The number of carbonyl (C=O) groups excluding carboxylic acids is 1. The molecule has 0 aliphatic carbocycles. The summed E-state index contributed by atoms with van der Waals surface area (Å²) in [4.78, 5) is 12.3. The summed E-state index contributed by atoms with van der Waals surface area (Å²) < 4.78 is 1.71. The van der Waals surface area contributed by atoms with E-state index in [1.165, 1.54) is 0 Å². The average Bonchev–Trinajstić information content (AvgIpc) is 2.87. The van der Waals surface area contributed by atoms with Crippen LogP contribution in [-0.4, -0.2) is 10.4 Å². The Bertz CT molecular complexity index is 757. The second-order valence-corrected chi connectivity index (χ2v) is 5.33. The topological polar surface area (TPSA) is 22.0 Å². The van der Waals surface area contributed by atoms with Crippen LogP contribution in [0.4, 0.5) is 0 Å². The first kappa shape index (κ1) is 13.9. The molecule has 2 aromatic carbocycles. The largest absolute Gasteiger partial charge is 0.291 e. The van der Waals surface area contributed by atoms with Gasteiger partial charge in [0.2, 0.25) is 0 Å². The van der Waals surface area contributed by atoms with Gasteiger partial charge in [-0.15, -0.1) is 0 Å². The zero-order valence-electron chi connectivity index (χ0n) is 11.0. The van der Waals surface area contributed by atoms with E-state index in [2.05, 4.69) is 0 Å². The fraction of sp³-hybridized carbons (Fsp3) is 0. The highest BCUT2D eigenvalue weighted by Gasteiger charge is 2.10. The van der Waals surface area contributed by atoms with Crippen LogP contribution < -0.4 is 0 Å². The Morgan fingerprint density at radius 3 is 1.81 bits per heavy atom. The molecule has 0 saturated heterocycles. The van der Waals surface area contributed by atoms with Crippen molar-refractivity contribution in [3.63, 3.8) is 0 Å². The van der Waals surface area contributed by atoms with E-state index in [1.807, 2.05) is 30.3 Å². The van der Waals surface area contributed by atoms with Crippen molar-refractivity contribution in [1.29, 1.82) is 0 Å². The van der Waals surface area contributed by atoms with Crippen LogP contribution in [0.3, 0.4) is 0 Å². The van der Waals surface area contributed by atoms with Crippen LogP contribution in [0.2, 0.25) is 10.3 Å². The minimum absolute atomic E-state index is 0.00755. The zero-order valence-corrected chi connectivity index (χ0v) is 12.5. The van der Waals surface area contributed by atoms with E-state index in [-0.39, 0.29) is 5.78 Å². The molecule has 21 heavy (non-hydrogen) atoms. The van der Waals surface area contributed by atoms with Gasteiger partial charge < -0.3 is 0 Å². The Hall–Kier alpha value is -2.03. The maximum absolute atomic E-state index is 12.3. The van der Waals surface area contributed by atoms with Crippen molar-refractivity contribution < 1.29 is 4.79 Å². The van der Waals surface area contributed by atoms with Crippen LogP contribution in [0.25, 0.3) is 5.69 Å². The van der Waals surface area contributed by atoms with E-state index in [9.17, 15) is 4.79 Å². The van der Waals surface area contributed by atoms with E-state index in [0.29, 0.717) is 21.4 Å². The van der Waals surface area contributed by atoms with Crippen LogP contribution in [0.15, 0.2) is 66.7 Å². The van der Waals surface area contributed by atoms with Crippen LogP contribution >= 0.6 is 23.2 Å². The predicted molar refractivity (Wildman–Crippen MR) is 85.7 cm³/mol. The van der Waals surface area contributed by atoms with E-state index >= 15 is 0 Å². The minimum atomic E-state index is -0.00755. The van der Waals surface area contributed by atoms with Crippen LogP contribution in [0.5, 0.6) is 0 Å². The summed E-state index contributed by atoms with van der Waals surface area (Å²) >= 11 is 12.2. The van der Waals surface area contributed by atoms with E-state index in [4.69, 9.17) is 23.2 Å². The number of aromatic nitrogens is 1. The molecule has 0 radical (unpaired) electrons. The summed E-state index contributed by atoms with van der Waals surface area (Å²) in [5, 5.41) is 1.06. The Morgan fingerprint density at radius 1 is 0.714 bits per heavy atom. The molecule has 0 N–H and O–H groups in total. The highest BCUT2D eigenvalue weighted by atomic mass is 35.5. The first-order valence-electron chi connectivity index (χ1n) is 6.40. The molecule has 0 aliphatic heterocycles. The summed E-state index contributed by atoms with van der Waals surface area (Å²) in [5.74, 6) is -0.00755. The van der Waals surface area contributed by atoms with Gasteiger partial charge in [0, 0.05) is 16.8 Å². The van der Waals surface area contributed by atoms with Crippen molar-refractivity contribution in [1.82, 2.24) is 4.57 Å². The van der Waals surface area contributed by atoms with Crippen LogP contribution in [0.1, 0.15) is 15.9 Å². The maximum Gasteiger partial charge on any atom is 0.193 e. The lowest BCUT2D eigenvalue weighted by Crippen LogP contribution is -2.01. The van der Waals surface area contributed by atoms with Crippen molar-refractivity contribution >= 4 is 29.0 Å². The molecule has 0 atom stereocenters. The van der Waals surface area contributed by atoms with Gasteiger partial charge in [-0.3, -0.25) is 9.36 Å². The van der Waals surface area contributed by atoms with Crippen molar-refractivity contribution in [3.05, 3.63) is 88.2 Å². The van der Waals surface area contributed by atoms with Crippen molar-refractivity contribution in [2.75, 3.05) is 0 Å². The molecule has 0 bridgehead atoms. The Labute approximate surface area is 132 Å². The number of rotatable bonds is 3. The summed E-state index contributed by atoms with van der Waals surface area (Å²) in [7, 11) is 0. The third-order valence-corrected chi connectivity index (χ3v) is 3.80. The standard InChI is InChI=1S/C17H11Cl2NO/c18-15-10-11-16(19)20(15)14-8-6-13(7-9-14)17(21)12-4-2-1-3-5-12/h1-11H. The Kier molecular flexibility index (Phi) is 3.82. The highest BCUT2D eigenvalue weighted by molar-refractivity contribution is 6.34. The fourth-order valence-electron chi connectivity index (χ4n) is 2.15. The molecule has 4 heteroatoms. The highest BCUT2D eigenvalue weighted by Crippen LogP contribution is 2.25. The second-order valence-electron chi connectivity index (χ2n) is 4.56. The summed E-state index contributed by atoms with van der Waals surface area (Å²) in [6.45, 7) is 0. The lowest BCUT2D eigenvalue weighted by molar-refractivity contribution is 0.103. The molecule has 1 heterocycles. The Morgan fingerprint density at radius 2 is 1.24 bits per heavy atom. The van der Waals surface area contributed by atoms with Gasteiger partial charge in [0.05, 0.1) is 0 Å². The monoisotopic (exact) mass is 315 g/mol. The number of hydrogen-bond acceptors (Lipinski definition) is 1. The van der Waals surface area contributed by atoms with Gasteiger partial charge in [-0.05, 0) is 36.4 Å². The molecule has 3 rings (SSSR count). The van der Waals surface area contributed by atoms with Crippen molar-refractivity contribution in [3.8, 4) is 5.69 Å². The van der Waals surface area contributed by atoms with Gasteiger partial charge in [-0.2, -0.15) is 0 Å². The summed E-state index contributed by atoms with van der Waals surface area (Å²) in [5.41, 5.74) is 2.12. The number of nitrogens with zero attached hydrogens (tertiary/aromatic N) is 1. The zero-order chi connectivity index (χ0) is 14.8. The molecular formula is C17H11Cl2NO. The number of carbonyl (C=O) groups is 1. The number of ketones is 1. The molecule has 1 aromatic heterocycles. The normalized spacial score (nSPS) is 10.6. The molecule has 0 aliphatic rings. The van der Waals surface area contributed by atoms with E-state index in [0.717, 1.165) is 5.69 Å². The average molecular weight is 316 g/mol. The van der Waals surface area contributed by atoms with Crippen LogP contribution in [0, 0.1) is 0 Å². The number of halogens is 2. The number of benzene rings is 2. The third kappa shape index (κ3) is 2.73. The fourth-order valence-corrected chi connectivity index (χ4v) is 2.70. The molecule has 2 nitrogen and oxygen atoms in total.